The number of rotatable bonds is 5. The Bertz CT molecular complexity index is 229. The van der Waals surface area contributed by atoms with Crippen LogP contribution in [-0.4, -0.2) is 49.0 Å². The maximum Gasteiger partial charge on any atom is 0.191 e. The van der Waals surface area contributed by atoms with Crippen molar-refractivity contribution in [2.45, 2.75) is 32.4 Å². The summed E-state index contributed by atoms with van der Waals surface area (Å²) in [5, 5.41) is 15.1. The van der Waals surface area contributed by atoms with Gasteiger partial charge in [-0.05, 0) is 20.8 Å². The van der Waals surface area contributed by atoms with Gasteiger partial charge in [-0.15, -0.1) is 0 Å². The van der Waals surface area contributed by atoms with E-state index in [9.17, 15) is 0 Å². The van der Waals surface area contributed by atoms with Gasteiger partial charge in [0.05, 0.1) is 25.4 Å². The van der Waals surface area contributed by atoms with Gasteiger partial charge in [0.2, 0.25) is 0 Å². The molecule has 5 nitrogen and oxygen atoms in total. The molecule has 0 aromatic rings. The third-order valence-corrected chi connectivity index (χ3v) is 2.17. The smallest absolute Gasteiger partial charge is 0.191 e. The van der Waals surface area contributed by atoms with Gasteiger partial charge in [0, 0.05) is 12.6 Å². The first-order valence-electron chi connectivity index (χ1n) is 5.33. The first-order chi connectivity index (χ1) is 7.03. The molecule has 1 aliphatic heterocycles. The van der Waals surface area contributed by atoms with Crippen molar-refractivity contribution in [3.8, 4) is 0 Å². The van der Waals surface area contributed by atoms with Crippen LogP contribution in [0.2, 0.25) is 0 Å². The van der Waals surface area contributed by atoms with Crippen molar-refractivity contribution in [3.63, 3.8) is 0 Å². The van der Waals surface area contributed by atoms with Crippen LogP contribution in [0.3, 0.4) is 0 Å². The Morgan fingerprint density at radius 3 is 2.93 bits per heavy atom. The normalized spacial score (nSPS) is 21.1. The number of hydrogen-bond donors (Lipinski definition) is 3. The Morgan fingerprint density at radius 2 is 2.40 bits per heavy atom. The average Bonchev–Trinajstić information content (AvgIpc) is 2.59. The number of ether oxygens (including phenoxy) is 1. The largest absolute Gasteiger partial charge is 0.394 e. The predicted octanol–water partition coefficient (Wildman–Crippen LogP) is -0.289. The lowest BCUT2D eigenvalue weighted by molar-refractivity contribution is -0.0291. The van der Waals surface area contributed by atoms with Gasteiger partial charge in [0.25, 0.3) is 0 Å². The van der Waals surface area contributed by atoms with Crippen molar-refractivity contribution >= 4 is 5.96 Å². The molecule has 88 valence electrons. The second-order valence-electron chi connectivity index (χ2n) is 4.42. The van der Waals surface area contributed by atoms with E-state index in [1.54, 1.807) is 0 Å². The average molecular weight is 215 g/mol. The van der Waals surface area contributed by atoms with Crippen molar-refractivity contribution in [3.05, 3.63) is 0 Å². The van der Waals surface area contributed by atoms with Gasteiger partial charge in [-0.3, -0.25) is 4.99 Å². The van der Waals surface area contributed by atoms with Crippen LogP contribution in [-0.2, 0) is 4.74 Å². The zero-order valence-corrected chi connectivity index (χ0v) is 9.71. The van der Waals surface area contributed by atoms with E-state index in [0.29, 0.717) is 19.2 Å². The number of hydrogen-bond acceptors (Lipinski definition) is 5. The summed E-state index contributed by atoms with van der Waals surface area (Å²) in [6.07, 6.45) is 0. The first-order valence-corrected chi connectivity index (χ1v) is 5.33. The van der Waals surface area contributed by atoms with Crippen LogP contribution < -0.4 is 10.6 Å². The van der Waals surface area contributed by atoms with Gasteiger partial charge in [-0.1, -0.05) is 0 Å². The molecule has 0 saturated heterocycles. The van der Waals surface area contributed by atoms with E-state index in [1.807, 2.05) is 13.8 Å². The molecule has 1 rings (SSSR count). The molecule has 0 bridgehead atoms. The van der Waals surface area contributed by atoms with Crippen LogP contribution in [0.25, 0.3) is 0 Å². The number of aliphatic imine (C=N–C) groups is 1. The van der Waals surface area contributed by atoms with Crippen molar-refractivity contribution in [2.24, 2.45) is 4.99 Å². The Balaban J connectivity index is 2.23. The highest BCUT2D eigenvalue weighted by Gasteiger charge is 2.20. The lowest BCUT2D eigenvalue weighted by atomic mass is 10.1. The quantitative estimate of drug-likeness (QED) is 0.590. The maximum atomic E-state index is 8.66. The maximum absolute atomic E-state index is 8.66. The topological polar surface area (TPSA) is 65.9 Å². The molecule has 0 fully saturated rings. The fraction of sp³-hybridized carbons (Fsp3) is 0.900. The molecular weight excluding hydrogens is 194 g/mol. The summed E-state index contributed by atoms with van der Waals surface area (Å²) >= 11 is 0. The van der Waals surface area contributed by atoms with Gasteiger partial charge in [-0.25, -0.2) is 0 Å². The van der Waals surface area contributed by atoms with E-state index in [-0.39, 0.29) is 12.2 Å². The summed E-state index contributed by atoms with van der Waals surface area (Å²) in [6.45, 7) is 7.96. The van der Waals surface area contributed by atoms with E-state index in [2.05, 4.69) is 22.5 Å². The molecule has 0 aromatic heterocycles. The Morgan fingerprint density at radius 1 is 1.67 bits per heavy atom. The minimum absolute atomic E-state index is 0.0552. The van der Waals surface area contributed by atoms with Gasteiger partial charge in [-0.2, -0.15) is 0 Å². The Labute approximate surface area is 90.9 Å². The number of nitrogens with one attached hydrogen (secondary N) is 2. The van der Waals surface area contributed by atoms with Gasteiger partial charge in [0.15, 0.2) is 5.96 Å². The highest BCUT2D eigenvalue weighted by molar-refractivity contribution is 5.81. The summed E-state index contributed by atoms with van der Waals surface area (Å²) in [7, 11) is 0. The summed E-state index contributed by atoms with van der Waals surface area (Å²) in [4.78, 5) is 4.29. The van der Waals surface area contributed by atoms with Gasteiger partial charge >= 0.3 is 0 Å². The third kappa shape index (κ3) is 4.48. The standard InChI is InChI=1S/C10H21N3O2/c1-8-6-11-9(13-8)12-7-10(2,3)15-5-4-14/h8,14H,4-7H2,1-3H3,(H2,11,12,13). The minimum atomic E-state index is -0.293. The summed E-state index contributed by atoms with van der Waals surface area (Å²) in [6, 6.07) is 0.411. The summed E-state index contributed by atoms with van der Waals surface area (Å²) in [5.74, 6) is 0.836. The first kappa shape index (κ1) is 12.3. The molecule has 0 radical (unpaired) electrons. The lowest BCUT2D eigenvalue weighted by Gasteiger charge is -2.25. The summed E-state index contributed by atoms with van der Waals surface area (Å²) in [5.41, 5.74) is -0.293. The number of nitrogens with zero attached hydrogens (tertiary/aromatic N) is 1. The van der Waals surface area contributed by atoms with Crippen LogP contribution >= 0.6 is 0 Å². The second-order valence-corrected chi connectivity index (χ2v) is 4.42. The third-order valence-electron chi connectivity index (χ3n) is 2.17. The SMILES string of the molecule is CC1CN=C(NCC(C)(C)OCCO)N1. The predicted molar refractivity (Wildman–Crippen MR) is 60.0 cm³/mol. The molecule has 1 heterocycles. The molecule has 1 atom stereocenters. The molecule has 0 amide bonds. The molecule has 0 spiro atoms. The Kier molecular flexibility index (Phi) is 4.35. The fourth-order valence-corrected chi connectivity index (χ4v) is 1.33. The number of aliphatic hydroxyl groups excluding tert-OH is 1. The molecular formula is C10H21N3O2. The summed E-state index contributed by atoms with van der Waals surface area (Å²) < 4.78 is 5.47. The van der Waals surface area contributed by atoms with Crippen LogP contribution in [0.5, 0.6) is 0 Å². The Hall–Kier alpha value is -0.810. The second kappa shape index (κ2) is 5.32. The molecule has 1 unspecified atom stereocenters. The molecule has 5 heteroatoms. The van der Waals surface area contributed by atoms with Gasteiger partial charge < -0.3 is 20.5 Å². The highest BCUT2D eigenvalue weighted by Crippen LogP contribution is 2.07. The van der Waals surface area contributed by atoms with Crippen LogP contribution in [0.4, 0.5) is 0 Å². The van der Waals surface area contributed by atoms with Gasteiger partial charge in [0.1, 0.15) is 0 Å². The van der Waals surface area contributed by atoms with Crippen LogP contribution in [0.15, 0.2) is 4.99 Å². The van der Waals surface area contributed by atoms with Crippen LogP contribution in [0, 0.1) is 0 Å². The highest BCUT2D eigenvalue weighted by atomic mass is 16.5. The minimum Gasteiger partial charge on any atom is -0.394 e. The zero-order valence-electron chi connectivity index (χ0n) is 9.71. The van der Waals surface area contributed by atoms with Crippen molar-refractivity contribution in [1.82, 2.24) is 10.6 Å². The fourth-order valence-electron chi connectivity index (χ4n) is 1.33. The molecule has 0 saturated carbocycles. The zero-order chi connectivity index (χ0) is 11.3. The van der Waals surface area contributed by atoms with Crippen molar-refractivity contribution in [2.75, 3.05) is 26.3 Å². The molecule has 0 aromatic carbocycles. The van der Waals surface area contributed by atoms with Crippen LogP contribution in [0.1, 0.15) is 20.8 Å². The molecule has 15 heavy (non-hydrogen) atoms. The van der Waals surface area contributed by atoms with Crippen molar-refractivity contribution < 1.29 is 9.84 Å². The van der Waals surface area contributed by atoms with E-state index >= 15 is 0 Å². The monoisotopic (exact) mass is 215 g/mol. The molecule has 3 N–H and O–H groups in total. The number of aliphatic hydroxyl groups is 1. The number of guanidine groups is 1. The van der Waals surface area contributed by atoms with E-state index in [1.165, 1.54) is 0 Å². The lowest BCUT2D eigenvalue weighted by Crippen LogP contribution is -2.45. The van der Waals surface area contributed by atoms with E-state index in [4.69, 9.17) is 9.84 Å². The molecule has 0 aliphatic carbocycles. The van der Waals surface area contributed by atoms with E-state index < -0.39 is 0 Å². The van der Waals surface area contributed by atoms with E-state index in [0.717, 1.165) is 12.5 Å². The molecule has 1 aliphatic rings. The van der Waals surface area contributed by atoms with Crippen molar-refractivity contribution in [1.29, 1.82) is 0 Å².